The summed E-state index contributed by atoms with van der Waals surface area (Å²) in [4.78, 5) is 24.6. The molecule has 1 saturated heterocycles. The quantitative estimate of drug-likeness (QED) is 0.751. The lowest BCUT2D eigenvalue weighted by Crippen LogP contribution is -2.61. The van der Waals surface area contributed by atoms with Gasteiger partial charge in [-0.15, -0.1) is 0 Å². The van der Waals surface area contributed by atoms with E-state index in [0.717, 1.165) is 17.1 Å². The molecule has 0 spiro atoms. The van der Waals surface area contributed by atoms with E-state index in [1.54, 1.807) is 32.7 Å². The monoisotopic (exact) mass is 368 g/mol. The number of imide groups is 1. The van der Waals surface area contributed by atoms with Gasteiger partial charge in [0.25, 0.3) is 0 Å². The first kappa shape index (κ1) is 19.8. The van der Waals surface area contributed by atoms with Gasteiger partial charge in [0.2, 0.25) is 0 Å². The SMILES string of the molecule is COc1ccc(CSCC(C)C(=O)[N@+]2(C(=O)O)C[C@H](O)CC2C)cc1. The van der Waals surface area contributed by atoms with Gasteiger partial charge >= 0.3 is 12.0 Å². The number of carboxylic acid groups (broad SMARTS) is 1. The number of aliphatic hydroxyl groups is 1. The highest BCUT2D eigenvalue weighted by Crippen LogP contribution is 2.31. The predicted octanol–water partition coefficient (Wildman–Crippen LogP) is 2.74. The molecule has 0 aliphatic carbocycles. The summed E-state index contributed by atoms with van der Waals surface area (Å²) in [5.74, 6) is 1.37. The van der Waals surface area contributed by atoms with E-state index in [0.29, 0.717) is 12.2 Å². The molecule has 25 heavy (non-hydrogen) atoms. The van der Waals surface area contributed by atoms with Crippen LogP contribution in [0.3, 0.4) is 0 Å². The summed E-state index contributed by atoms with van der Waals surface area (Å²) in [6.07, 6.45) is -1.57. The average Bonchev–Trinajstić information content (AvgIpc) is 2.90. The van der Waals surface area contributed by atoms with Crippen LogP contribution < -0.4 is 4.74 Å². The van der Waals surface area contributed by atoms with Crippen molar-refractivity contribution in [3.8, 4) is 5.75 Å². The number of amides is 2. The molecule has 0 radical (unpaired) electrons. The van der Waals surface area contributed by atoms with E-state index in [1.807, 2.05) is 24.3 Å². The molecule has 2 N–H and O–H groups in total. The Bertz CT molecular complexity index is 620. The van der Waals surface area contributed by atoms with E-state index >= 15 is 0 Å². The van der Waals surface area contributed by atoms with Crippen molar-refractivity contribution in [2.45, 2.75) is 38.2 Å². The number of quaternary nitrogens is 1. The Morgan fingerprint density at radius 3 is 2.48 bits per heavy atom. The van der Waals surface area contributed by atoms with E-state index in [2.05, 4.69) is 0 Å². The van der Waals surface area contributed by atoms with Gasteiger partial charge in [0, 0.05) is 17.9 Å². The normalized spacial score (nSPS) is 27.0. The molecule has 2 unspecified atom stereocenters. The van der Waals surface area contributed by atoms with Crippen LogP contribution in [0, 0.1) is 5.92 Å². The highest BCUT2D eigenvalue weighted by atomic mass is 32.2. The van der Waals surface area contributed by atoms with Gasteiger partial charge in [0.05, 0.1) is 13.0 Å². The lowest BCUT2D eigenvalue weighted by atomic mass is 10.1. The topological polar surface area (TPSA) is 83.8 Å². The number of ether oxygens (including phenoxy) is 1. The summed E-state index contributed by atoms with van der Waals surface area (Å²) in [6, 6.07) is 7.32. The molecular weight excluding hydrogens is 342 g/mol. The fourth-order valence-corrected chi connectivity index (χ4v) is 4.41. The van der Waals surface area contributed by atoms with Gasteiger partial charge in [-0.05, 0) is 31.5 Å². The first-order chi connectivity index (χ1) is 11.8. The maximum absolute atomic E-state index is 12.8. The fraction of sp³-hybridized carbons (Fsp3) is 0.556. The van der Waals surface area contributed by atoms with Gasteiger partial charge in [0.1, 0.15) is 24.4 Å². The number of carbonyl (C=O) groups is 2. The Balaban J connectivity index is 1.95. The van der Waals surface area contributed by atoms with E-state index < -0.39 is 28.6 Å². The second-order valence-electron chi connectivity index (χ2n) is 6.67. The molecule has 4 atom stereocenters. The van der Waals surface area contributed by atoms with Crippen molar-refractivity contribution in [3.05, 3.63) is 29.8 Å². The van der Waals surface area contributed by atoms with Crippen molar-refractivity contribution in [1.29, 1.82) is 0 Å². The van der Waals surface area contributed by atoms with Gasteiger partial charge in [-0.1, -0.05) is 12.1 Å². The smallest absolute Gasteiger partial charge is 0.497 e. The molecule has 1 heterocycles. The van der Waals surface area contributed by atoms with Crippen LogP contribution in [0.15, 0.2) is 24.3 Å². The van der Waals surface area contributed by atoms with Crippen molar-refractivity contribution in [1.82, 2.24) is 0 Å². The molecule has 0 aromatic heterocycles. The fourth-order valence-electron chi connectivity index (χ4n) is 3.37. The first-order valence-electron chi connectivity index (χ1n) is 8.35. The second kappa shape index (κ2) is 8.21. The third kappa shape index (κ3) is 4.16. The Kier molecular flexibility index (Phi) is 6.48. The summed E-state index contributed by atoms with van der Waals surface area (Å²) >= 11 is 1.60. The number of benzene rings is 1. The number of hydrogen-bond donors (Lipinski definition) is 2. The largest absolute Gasteiger partial charge is 0.521 e. The molecule has 0 bridgehead atoms. The van der Waals surface area contributed by atoms with Crippen LogP contribution in [0.25, 0.3) is 0 Å². The van der Waals surface area contributed by atoms with Crippen molar-refractivity contribution < 1.29 is 29.0 Å². The van der Waals surface area contributed by atoms with Crippen LogP contribution in [-0.4, -0.2) is 58.2 Å². The third-order valence-electron chi connectivity index (χ3n) is 4.82. The lowest BCUT2D eigenvalue weighted by molar-refractivity contribution is -0.795. The van der Waals surface area contributed by atoms with Gasteiger partial charge in [0.15, 0.2) is 0 Å². The summed E-state index contributed by atoms with van der Waals surface area (Å²) in [6.45, 7) is 3.45. The number of nitrogens with zero attached hydrogens (tertiary/aromatic N) is 1. The third-order valence-corrected chi connectivity index (χ3v) is 6.09. The first-order valence-corrected chi connectivity index (χ1v) is 9.51. The number of hydrogen-bond acceptors (Lipinski definition) is 5. The number of likely N-dealkylation sites (tertiary alicyclic amines) is 1. The molecule has 1 fully saturated rings. The highest BCUT2D eigenvalue weighted by Gasteiger charge is 2.57. The average molecular weight is 368 g/mol. The number of carbonyl (C=O) groups excluding carboxylic acids is 1. The Labute approximate surface area is 152 Å². The molecule has 2 rings (SSSR count). The molecule has 7 heteroatoms. The molecule has 1 aromatic carbocycles. The molecule has 6 nitrogen and oxygen atoms in total. The number of thioether (sulfide) groups is 1. The zero-order valence-corrected chi connectivity index (χ0v) is 15.7. The molecule has 2 amide bonds. The number of methoxy groups -OCH3 is 1. The number of aliphatic hydroxyl groups excluding tert-OH is 1. The van der Waals surface area contributed by atoms with E-state index in [9.17, 15) is 19.8 Å². The van der Waals surface area contributed by atoms with Crippen LogP contribution in [0.1, 0.15) is 25.8 Å². The summed E-state index contributed by atoms with van der Waals surface area (Å²) in [5.41, 5.74) is 1.12. The molecule has 1 aliphatic rings. The van der Waals surface area contributed by atoms with Crippen LogP contribution >= 0.6 is 11.8 Å². The van der Waals surface area contributed by atoms with Crippen LogP contribution in [-0.2, 0) is 10.5 Å². The summed E-state index contributed by atoms with van der Waals surface area (Å²) in [5, 5.41) is 19.5. The Morgan fingerprint density at radius 2 is 2.00 bits per heavy atom. The zero-order valence-electron chi connectivity index (χ0n) is 14.8. The minimum absolute atomic E-state index is 0.0389. The van der Waals surface area contributed by atoms with Gasteiger partial charge in [-0.3, -0.25) is 0 Å². The highest BCUT2D eigenvalue weighted by molar-refractivity contribution is 7.98. The Hall–Kier alpha value is -1.57. The molecular formula is C18H26NO5S+. The predicted molar refractivity (Wildman–Crippen MR) is 96.6 cm³/mol. The summed E-state index contributed by atoms with van der Waals surface area (Å²) < 4.78 is 4.46. The summed E-state index contributed by atoms with van der Waals surface area (Å²) in [7, 11) is 1.62. The molecule has 138 valence electrons. The van der Waals surface area contributed by atoms with E-state index in [1.165, 1.54) is 0 Å². The van der Waals surface area contributed by atoms with Gasteiger partial charge in [-0.2, -0.15) is 21.0 Å². The van der Waals surface area contributed by atoms with Crippen molar-refractivity contribution in [2.75, 3.05) is 19.4 Å². The lowest BCUT2D eigenvalue weighted by Gasteiger charge is -2.31. The Morgan fingerprint density at radius 1 is 1.36 bits per heavy atom. The van der Waals surface area contributed by atoms with Gasteiger partial charge < -0.3 is 14.9 Å². The minimum atomic E-state index is -1.17. The standard InChI is InChI=1S/C18H25NO5S/c1-12(10-25-11-14-4-6-16(24-3)7-5-14)17(21)19(18(22)23)9-15(20)8-13(19)2/h4-7,12-13,15,20H,8-11H2,1-3H3/p+1/t12?,13?,15-,19+/m1/s1. The van der Waals surface area contributed by atoms with Crippen LogP contribution in [0.5, 0.6) is 5.75 Å². The maximum atomic E-state index is 12.8. The number of rotatable bonds is 6. The van der Waals surface area contributed by atoms with Crippen LogP contribution in [0.2, 0.25) is 0 Å². The second-order valence-corrected chi connectivity index (χ2v) is 7.71. The zero-order chi connectivity index (χ0) is 18.6. The maximum Gasteiger partial charge on any atom is 0.521 e. The van der Waals surface area contributed by atoms with Crippen molar-refractivity contribution >= 4 is 23.8 Å². The van der Waals surface area contributed by atoms with Gasteiger partial charge in [-0.25, -0.2) is 4.79 Å². The molecule has 0 saturated carbocycles. The minimum Gasteiger partial charge on any atom is -0.497 e. The van der Waals surface area contributed by atoms with Crippen molar-refractivity contribution in [2.24, 2.45) is 5.92 Å². The van der Waals surface area contributed by atoms with Crippen molar-refractivity contribution in [3.63, 3.8) is 0 Å². The van der Waals surface area contributed by atoms with E-state index in [4.69, 9.17) is 4.74 Å². The molecule has 1 aliphatic heterocycles. The van der Waals surface area contributed by atoms with Crippen LogP contribution in [0.4, 0.5) is 4.79 Å². The molecule has 1 aromatic rings. The van der Waals surface area contributed by atoms with E-state index in [-0.39, 0.29) is 12.5 Å².